The van der Waals surface area contributed by atoms with Gasteiger partial charge in [0.25, 0.3) is 0 Å². The van der Waals surface area contributed by atoms with Crippen LogP contribution in [-0.2, 0) is 16.0 Å². The van der Waals surface area contributed by atoms with E-state index in [-0.39, 0.29) is 6.10 Å². The van der Waals surface area contributed by atoms with Crippen molar-refractivity contribution in [1.82, 2.24) is 0 Å². The van der Waals surface area contributed by atoms with E-state index in [2.05, 4.69) is 18.7 Å². The van der Waals surface area contributed by atoms with E-state index in [0.29, 0.717) is 6.61 Å². The maximum absolute atomic E-state index is 11.3. The Kier molecular flexibility index (Phi) is 4.11. The fraction of sp³-hybridized carbons (Fsp3) is 0.312. The molecule has 2 rings (SSSR count). The van der Waals surface area contributed by atoms with Crippen LogP contribution in [0.1, 0.15) is 24.5 Å². The molecule has 1 aliphatic rings. The number of aryl methyl sites for hydroxylation is 1. The average molecular weight is 242 g/mol. The molecule has 0 amide bonds. The molecule has 0 heterocycles. The normalized spacial score (nSPS) is 16.1. The zero-order valence-corrected chi connectivity index (χ0v) is 10.7. The molecule has 94 valence electrons. The Balaban J connectivity index is 2.53. The van der Waals surface area contributed by atoms with E-state index >= 15 is 0 Å². The summed E-state index contributed by atoms with van der Waals surface area (Å²) in [6, 6.07) is 8.20. The Morgan fingerprint density at radius 3 is 2.83 bits per heavy atom. The molecule has 0 aliphatic heterocycles. The van der Waals surface area contributed by atoms with Gasteiger partial charge in [-0.25, -0.2) is 0 Å². The van der Waals surface area contributed by atoms with Gasteiger partial charge in [0.05, 0.1) is 0 Å². The molecule has 0 saturated carbocycles. The summed E-state index contributed by atoms with van der Waals surface area (Å²) in [6.07, 6.45) is 4.24. The van der Waals surface area contributed by atoms with Crippen LogP contribution in [0.3, 0.4) is 0 Å². The van der Waals surface area contributed by atoms with Gasteiger partial charge in [0.15, 0.2) is 0 Å². The zero-order valence-electron chi connectivity index (χ0n) is 10.7. The standard InChI is InChI=1S/C16H18O2/c1-3-15(18-4-2)16-13(11-17)10-9-12-7-5-6-8-14(12)16/h3,5-8,11,15H,1,4,9-10H2,2H3. The average Bonchev–Trinajstić information content (AvgIpc) is 2.43. The number of carbonyl (C=O) groups excluding carboxylic acids is 1. The van der Waals surface area contributed by atoms with Crippen molar-refractivity contribution in [3.63, 3.8) is 0 Å². The molecule has 0 fully saturated rings. The van der Waals surface area contributed by atoms with Crippen molar-refractivity contribution < 1.29 is 9.53 Å². The predicted octanol–water partition coefficient (Wildman–Crippen LogP) is 3.18. The fourth-order valence-electron chi connectivity index (χ4n) is 2.49. The molecule has 0 bridgehead atoms. The van der Waals surface area contributed by atoms with Crippen LogP contribution in [0.25, 0.3) is 5.57 Å². The number of hydrogen-bond donors (Lipinski definition) is 0. The molecule has 0 N–H and O–H groups in total. The van der Waals surface area contributed by atoms with Gasteiger partial charge in [-0.3, -0.25) is 4.79 Å². The van der Waals surface area contributed by atoms with E-state index in [4.69, 9.17) is 4.74 Å². The van der Waals surface area contributed by atoms with Gasteiger partial charge in [-0.1, -0.05) is 30.3 Å². The Labute approximate surface area is 108 Å². The van der Waals surface area contributed by atoms with Crippen molar-refractivity contribution in [2.24, 2.45) is 0 Å². The Bertz CT molecular complexity index is 486. The molecule has 18 heavy (non-hydrogen) atoms. The van der Waals surface area contributed by atoms with Gasteiger partial charge in [0, 0.05) is 6.61 Å². The molecule has 1 aromatic rings. The van der Waals surface area contributed by atoms with Crippen LogP contribution in [0.2, 0.25) is 0 Å². The smallest absolute Gasteiger partial charge is 0.146 e. The first kappa shape index (κ1) is 12.8. The Morgan fingerprint density at radius 1 is 1.39 bits per heavy atom. The molecule has 0 radical (unpaired) electrons. The largest absolute Gasteiger partial charge is 0.370 e. The molecule has 2 nitrogen and oxygen atoms in total. The number of ether oxygens (including phenoxy) is 1. The third-order valence-corrected chi connectivity index (χ3v) is 3.30. The first-order valence-electron chi connectivity index (χ1n) is 6.32. The van der Waals surface area contributed by atoms with Crippen molar-refractivity contribution in [3.05, 3.63) is 53.6 Å². The van der Waals surface area contributed by atoms with Crippen molar-refractivity contribution >= 4 is 11.9 Å². The molecular formula is C16H18O2. The van der Waals surface area contributed by atoms with Gasteiger partial charge < -0.3 is 4.74 Å². The zero-order chi connectivity index (χ0) is 13.0. The number of hydrogen-bond acceptors (Lipinski definition) is 2. The molecule has 0 spiro atoms. The van der Waals surface area contributed by atoms with E-state index in [1.807, 2.05) is 19.1 Å². The van der Waals surface area contributed by atoms with Crippen LogP contribution < -0.4 is 0 Å². The highest BCUT2D eigenvalue weighted by Crippen LogP contribution is 2.34. The Morgan fingerprint density at radius 2 is 2.17 bits per heavy atom. The summed E-state index contributed by atoms with van der Waals surface area (Å²) in [5.74, 6) is 0. The van der Waals surface area contributed by atoms with Crippen molar-refractivity contribution in [1.29, 1.82) is 0 Å². The van der Waals surface area contributed by atoms with Crippen LogP contribution in [0, 0.1) is 0 Å². The number of fused-ring (bicyclic) bond motifs is 1. The predicted molar refractivity (Wildman–Crippen MR) is 73.4 cm³/mol. The second-order valence-electron chi connectivity index (χ2n) is 4.33. The van der Waals surface area contributed by atoms with Gasteiger partial charge >= 0.3 is 0 Å². The Hall–Kier alpha value is -1.67. The molecule has 2 heteroatoms. The van der Waals surface area contributed by atoms with E-state index in [0.717, 1.165) is 35.8 Å². The minimum atomic E-state index is -0.198. The third kappa shape index (κ3) is 2.29. The molecule has 1 unspecified atom stereocenters. The molecule has 0 aromatic heterocycles. The van der Waals surface area contributed by atoms with Gasteiger partial charge in [0.1, 0.15) is 12.4 Å². The highest BCUT2D eigenvalue weighted by molar-refractivity contribution is 5.92. The second kappa shape index (κ2) is 5.78. The van der Waals surface area contributed by atoms with Gasteiger partial charge in [-0.15, -0.1) is 6.58 Å². The quantitative estimate of drug-likeness (QED) is 0.585. The summed E-state index contributed by atoms with van der Waals surface area (Å²) >= 11 is 0. The summed E-state index contributed by atoms with van der Waals surface area (Å²) < 4.78 is 5.68. The van der Waals surface area contributed by atoms with Gasteiger partial charge in [-0.2, -0.15) is 0 Å². The minimum absolute atomic E-state index is 0.198. The lowest BCUT2D eigenvalue weighted by Gasteiger charge is -2.25. The first-order valence-corrected chi connectivity index (χ1v) is 6.32. The number of allylic oxidation sites excluding steroid dienone is 1. The van der Waals surface area contributed by atoms with E-state index in [1.165, 1.54) is 5.56 Å². The summed E-state index contributed by atoms with van der Waals surface area (Å²) in [6.45, 7) is 6.38. The van der Waals surface area contributed by atoms with Crippen LogP contribution >= 0.6 is 0 Å². The SMILES string of the molecule is C=CC(OCC)C1=C(C=O)CCc2ccccc21. The minimum Gasteiger partial charge on any atom is -0.370 e. The summed E-state index contributed by atoms with van der Waals surface area (Å²) in [5.41, 5.74) is 4.24. The monoisotopic (exact) mass is 242 g/mol. The molecule has 0 saturated heterocycles. The lowest BCUT2D eigenvalue weighted by Crippen LogP contribution is -2.18. The molecule has 1 aliphatic carbocycles. The number of rotatable bonds is 5. The van der Waals surface area contributed by atoms with Crippen LogP contribution in [0.4, 0.5) is 0 Å². The van der Waals surface area contributed by atoms with Crippen molar-refractivity contribution in [2.45, 2.75) is 25.9 Å². The number of aldehydes is 1. The van der Waals surface area contributed by atoms with E-state index in [9.17, 15) is 4.79 Å². The van der Waals surface area contributed by atoms with Crippen LogP contribution in [0.5, 0.6) is 0 Å². The van der Waals surface area contributed by atoms with Crippen LogP contribution in [0.15, 0.2) is 42.5 Å². The summed E-state index contributed by atoms with van der Waals surface area (Å²) in [5, 5.41) is 0. The fourth-order valence-corrected chi connectivity index (χ4v) is 2.49. The van der Waals surface area contributed by atoms with Gasteiger partial charge in [0.2, 0.25) is 0 Å². The molecule has 1 atom stereocenters. The second-order valence-corrected chi connectivity index (χ2v) is 4.33. The topological polar surface area (TPSA) is 26.3 Å². The lowest BCUT2D eigenvalue weighted by molar-refractivity contribution is -0.105. The molecular weight excluding hydrogens is 224 g/mol. The molecule has 1 aromatic carbocycles. The van der Waals surface area contributed by atoms with Crippen LogP contribution in [-0.4, -0.2) is 19.0 Å². The summed E-state index contributed by atoms with van der Waals surface area (Å²) in [4.78, 5) is 11.3. The van der Waals surface area contributed by atoms with Crippen molar-refractivity contribution in [2.75, 3.05) is 6.61 Å². The lowest BCUT2D eigenvalue weighted by atomic mass is 9.83. The van der Waals surface area contributed by atoms with Gasteiger partial charge in [-0.05, 0) is 42.0 Å². The maximum Gasteiger partial charge on any atom is 0.146 e. The number of benzene rings is 1. The number of carbonyl (C=O) groups is 1. The van der Waals surface area contributed by atoms with Crippen molar-refractivity contribution in [3.8, 4) is 0 Å². The van der Waals surface area contributed by atoms with E-state index in [1.54, 1.807) is 6.08 Å². The maximum atomic E-state index is 11.3. The highest BCUT2D eigenvalue weighted by Gasteiger charge is 2.23. The summed E-state index contributed by atoms with van der Waals surface area (Å²) in [7, 11) is 0. The third-order valence-electron chi connectivity index (χ3n) is 3.30. The highest BCUT2D eigenvalue weighted by atomic mass is 16.5. The first-order chi connectivity index (χ1) is 8.81. The van der Waals surface area contributed by atoms with E-state index < -0.39 is 0 Å².